The molecule has 1 aromatic carbocycles. The maximum atomic E-state index is 10.6. The normalized spacial score (nSPS) is 10.0. The van der Waals surface area contributed by atoms with Crippen molar-refractivity contribution in [1.82, 2.24) is 4.98 Å². The Morgan fingerprint density at radius 1 is 1.31 bits per heavy atom. The van der Waals surface area contributed by atoms with Crippen LogP contribution < -0.4 is 4.57 Å². The highest BCUT2D eigenvalue weighted by molar-refractivity contribution is 5.33. The molecule has 0 atom stereocenters. The van der Waals surface area contributed by atoms with Gasteiger partial charge in [-0.25, -0.2) is 0 Å². The van der Waals surface area contributed by atoms with Crippen molar-refractivity contribution >= 4 is 5.69 Å². The van der Waals surface area contributed by atoms with E-state index in [1.54, 1.807) is 24.5 Å². The molecule has 2 aromatic rings. The molecule has 0 saturated heterocycles. The minimum Gasteiger partial charge on any atom is -0.258 e. The zero-order valence-electron chi connectivity index (χ0n) is 8.48. The quantitative estimate of drug-likeness (QED) is 0.441. The zero-order chi connectivity index (χ0) is 11.4. The van der Waals surface area contributed by atoms with Gasteiger partial charge in [0.1, 0.15) is 0 Å². The number of nitro benzene ring substituents is 1. The first-order valence-corrected chi connectivity index (χ1v) is 4.78. The highest BCUT2D eigenvalue weighted by atomic mass is 16.6. The van der Waals surface area contributed by atoms with Gasteiger partial charge in [-0.05, 0) is 0 Å². The number of nitro groups is 1. The number of nitrogens with zero attached hydrogens (tertiary/aromatic N) is 3. The van der Waals surface area contributed by atoms with Crippen LogP contribution in [-0.2, 0) is 6.54 Å². The molecular formula is C11H10N3O2+. The molecule has 0 aliphatic heterocycles. The average Bonchev–Trinajstić information content (AvgIpc) is 2.30. The lowest BCUT2D eigenvalue weighted by molar-refractivity contribution is -0.688. The average molecular weight is 216 g/mol. The van der Waals surface area contributed by atoms with E-state index >= 15 is 0 Å². The molecular weight excluding hydrogens is 206 g/mol. The first kappa shape index (κ1) is 10.2. The highest BCUT2D eigenvalue weighted by Crippen LogP contribution is 2.12. The van der Waals surface area contributed by atoms with Crippen molar-refractivity contribution in [1.29, 1.82) is 0 Å². The molecule has 80 valence electrons. The molecule has 0 bridgehead atoms. The van der Waals surface area contributed by atoms with Crippen LogP contribution in [0.15, 0.2) is 49.1 Å². The van der Waals surface area contributed by atoms with Crippen LogP contribution in [0.3, 0.4) is 0 Å². The van der Waals surface area contributed by atoms with E-state index in [1.807, 2.05) is 23.0 Å². The predicted octanol–water partition coefficient (Wildman–Crippen LogP) is 1.33. The number of non-ortho nitro benzene ring substituents is 1. The molecule has 0 unspecified atom stereocenters. The summed E-state index contributed by atoms with van der Waals surface area (Å²) >= 11 is 0. The standard InChI is InChI=1S/C11H10N3O2/c15-14(16)11-3-1-2-10(8-11)9-13-6-4-12-5-7-13/h1-8H,9H2/q+1. The van der Waals surface area contributed by atoms with Crippen molar-refractivity contribution < 1.29 is 9.49 Å². The lowest BCUT2D eigenvalue weighted by Gasteiger charge is -1.97. The van der Waals surface area contributed by atoms with Crippen molar-refractivity contribution in [3.05, 3.63) is 64.7 Å². The molecule has 0 spiro atoms. The second kappa shape index (κ2) is 4.48. The summed E-state index contributed by atoms with van der Waals surface area (Å²) in [7, 11) is 0. The van der Waals surface area contributed by atoms with Crippen LogP contribution in [0.1, 0.15) is 5.56 Å². The van der Waals surface area contributed by atoms with Gasteiger partial charge >= 0.3 is 0 Å². The first-order chi connectivity index (χ1) is 7.75. The Morgan fingerprint density at radius 2 is 2.06 bits per heavy atom. The minimum atomic E-state index is -0.388. The van der Waals surface area contributed by atoms with Crippen LogP contribution in [-0.4, -0.2) is 9.91 Å². The van der Waals surface area contributed by atoms with Crippen LogP contribution in [0.5, 0.6) is 0 Å². The third-order valence-electron chi connectivity index (χ3n) is 2.17. The van der Waals surface area contributed by atoms with E-state index in [2.05, 4.69) is 4.98 Å². The molecule has 1 heterocycles. The minimum absolute atomic E-state index is 0.118. The topological polar surface area (TPSA) is 59.9 Å². The molecule has 0 aliphatic rings. The van der Waals surface area contributed by atoms with Crippen LogP contribution in [0, 0.1) is 10.1 Å². The molecule has 0 amide bonds. The summed E-state index contributed by atoms with van der Waals surface area (Å²) < 4.78 is 1.91. The van der Waals surface area contributed by atoms with E-state index in [4.69, 9.17) is 0 Å². The van der Waals surface area contributed by atoms with E-state index < -0.39 is 0 Å². The fourth-order valence-electron chi connectivity index (χ4n) is 1.43. The highest BCUT2D eigenvalue weighted by Gasteiger charge is 2.08. The van der Waals surface area contributed by atoms with Crippen LogP contribution >= 0.6 is 0 Å². The molecule has 5 nitrogen and oxygen atoms in total. The molecule has 0 radical (unpaired) electrons. The zero-order valence-corrected chi connectivity index (χ0v) is 8.48. The molecule has 0 aliphatic carbocycles. The fourth-order valence-corrected chi connectivity index (χ4v) is 1.43. The number of rotatable bonds is 3. The maximum absolute atomic E-state index is 10.6. The van der Waals surface area contributed by atoms with Gasteiger partial charge in [-0.15, -0.1) is 0 Å². The van der Waals surface area contributed by atoms with Crippen molar-refractivity contribution in [2.24, 2.45) is 0 Å². The second-order valence-corrected chi connectivity index (χ2v) is 3.34. The summed E-state index contributed by atoms with van der Waals surface area (Å²) in [6, 6.07) is 6.61. The van der Waals surface area contributed by atoms with Gasteiger partial charge < -0.3 is 0 Å². The summed E-state index contributed by atoms with van der Waals surface area (Å²) in [6.07, 6.45) is 6.99. The Hall–Kier alpha value is -2.30. The summed E-state index contributed by atoms with van der Waals surface area (Å²) in [5, 5.41) is 10.6. The molecule has 5 heteroatoms. The summed E-state index contributed by atoms with van der Waals surface area (Å²) in [5.74, 6) is 0. The van der Waals surface area contributed by atoms with Crippen LogP contribution in [0.2, 0.25) is 0 Å². The van der Waals surface area contributed by atoms with E-state index in [9.17, 15) is 10.1 Å². The Balaban J connectivity index is 2.22. The smallest absolute Gasteiger partial charge is 0.258 e. The van der Waals surface area contributed by atoms with Crippen molar-refractivity contribution in [2.75, 3.05) is 0 Å². The second-order valence-electron chi connectivity index (χ2n) is 3.34. The SMILES string of the molecule is O=[N+]([O-])c1cccc(C[n+]2ccncc2)c1. The number of aromatic nitrogens is 2. The Morgan fingerprint density at radius 3 is 2.75 bits per heavy atom. The lowest BCUT2D eigenvalue weighted by Crippen LogP contribution is -2.33. The Kier molecular flexibility index (Phi) is 2.86. The largest absolute Gasteiger partial charge is 0.269 e. The van der Waals surface area contributed by atoms with Gasteiger partial charge in [-0.2, -0.15) is 4.57 Å². The summed E-state index contributed by atoms with van der Waals surface area (Å²) in [6.45, 7) is 0.601. The van der Waals surface area contributed by atoms with Crippen molar-refractivity contribution in [2.45, 2.75) is 6.54 Å². The maximum Gasteiger partial charge on any atom is 0.269 e. The molecule has 0 saturated carbocycles. The monoisotopic (exact) mass is 216 g/mol. The van der Waals surface area contributed by atoms with E-state index in [-0.39, 0.29) is 10.6 Å². The number of hydrogen-bond donors (Lipinski definition) is 0. The first-order valence-electron chi connectivity index (χ1n) is 4.78. The van der Waals surface area contributed by atoms with Gasteiger partial charge in [-0.1, -0.05) is 12.1 Å². The van der Waals surface area contributed by atoms with Crippen molar-refractivity contribution in [3.63, 3.8) is 0 Å². The lowest BCUT2D eigenvalue weighted by atomic mass is 10.2. The van der Waals surface area contributed by atoms with E-state index in [0.29, 0.717) is 6.54 Å². The van der Waals surface area contributed by atoms with E-state index in [0.717, 1.165) is 5.56 Å². The van der Waals surface area contributed by atoms with Gasteiger partial charge in [0.2, 0.25) is 0 Å². The fraction of sp³-hybridized carbons (Fsp3) is 0.0909. The molecule has 0 fully saturated rings. The van der Waals surface area contributed by atoms with Crippen molar-refractivity contribution in [3.8, 4) is 0 Å². The van der Waals surface area contributed by atoms with Crippen LogP contribution in [0.25, 0.3) is 0 Å². The predicted molar refractivity (Wildman–Crippen MR) is 56.6 cm³/mol. The number of hydrogen-bond acceptors (Lipinski definition) is 3. The molecule has 1 aromatic heterocycles. The van der Waals surface area contributed by atoms with Gasteiger partial charge in [-0.3, -0.25) is 15.1 Å². The third kappa shape index (κ3) is 2.38. The molecule has 2 rings (SSSR count). The Bertz CT molecular complexity index is 500. The molecule has 0 N–H and O–H groups in total. The summed E-state index contributed by atoms with van der Waals surface area (Å²) in [5.41, 5.74) is 1.01. The number of benzene rings is 1. The van der Waals surface area contributed by atoms with E-state index in [1.165, 1.54) is 6.07 Å². The molecule has 16 heavy (non-hydrogen) atoms. The van der Waals surface area contributed by atoms with Gasteiger partial charge in [0.15, 0.2) is 18.9 Å². The third-order valence-corrected chi connectivity index (χ3v) is 2.17. The van der Waals surface area contributed by atoms with Crippen LogP contribution in [0.4, 0.5) is 5.69 Å². The Labute approximate surface area is 92.2 Å². The van der Waals surface area contributed by atoms with Gasteiger partial charge in [0.05, 0.1) is 17.3 Å². The van der Waals surface area contributed by atoms with Gasteiger partial charge in [0.25, 0.3) is 5.69 Å². The van der Waals surface area contributed by atoms with Gasteiger partial charge in [0, 0.05) is 17.7 Å². The summed E-state index contributed by atoms with van der Waals surface area (Å²) in [4.78, 5) is 14.1.